The van der Waals surface area contributed by atoms with E-state index in [0.717, 1.165) is 0 Å². The Kier molecular flexibility index (Phi) is 7.91. The van der Waals surface area contributed by atoms with E-state index in [2.05, 4.69) is 10.0 Å². The molecular formula is C17H24N2O6S. The van der Waals surface area contributed by atoms with Crippen molar-refractivity contribution in [1.29, 1.82) is 0 Å². The molecule has 9 heteroatoms. The van der Waals surface area contributed by atoms with Crippen molar-refractivity contribution in [2.45, 2.75) is 57.6 Å². The molecule has 0 aliphatic carbocycles. The topological polar surface area (TPSA) is 119 Å². The summed E-state index contributed by atoms with van der Waals surface area (Å²) in [5, 5.41) is 2.53. The molecule has 0 aliphatic rings. The molecule has 1 aromatic carbocycles. The number of ether oxygens (including phenoxy) is 1. The Morgan fingerprint density at radius 2 is 1.62 bits per heavy atom. The minimum absolute atomic E-state index is 0.0630. The van der Waals surface area contributed by atoms with Gasteiger partial charge in [0.2, 0.25) is 10.0 Å². The molecule has 1 atom stereocenters. The summed E-state index contributed by atoms with van der Waals surface area (Å²) in [7, 11) is -3.61. The second kappa shape index (κ2) is 9.44. The molecule has 0 unspecified atom stereocenters. The molecule has 0 fully saturated rings. The third kappa shape index (κ3) is 7.32. The minimum atomic E-state index is -3.61. The number of amides is 1. The van der Waals surface area contributed by atoms with Crippen LogP contribution >= 0.6 is 0 Å². The van der Waals surface area contributed by atoms with Crippen LogP contribution in [0, 0.1) is 0 Å². The van der Waals surface area contributed by atoms with Crippen molar-refractivity contribution < 1.29 is 27.5 Å². The number of esters is 1. The normalized spacial score (nSPS) is 12.5. The van der Waals surface area contributed by atoms with Crippen LogP contribution in [0.5, 0.6) is 0 Å². The lowest BCUT2D eigenvalue weighted by Gasteiger charge is -2.14. The van der Waals surface area contributed by atoms with E-state index in [1.54, 1.807) is 13.8 Å². The van der Waals surface area contributed by atoms with Crippen LogP contribution in [-0.4, -0.2) is 38.2 Å². The molecule has 0 radical (unpaired) electrons. The summed E-state index contributed by atoms with van der Waals surface area (Å²) in [5.74, 6) is -1.33. The monoisotopic (exact) mass is 384 g/mol. The lowest BCUT2D eigenvalue weighted by atomic mass is 10.2. The number of hydrogen-bond donors (Lipinski definition) is 2. The molecule has 1 rings (SSSR count). The zero-order valence-corrected chi connectivity index (χ0v) is 16.1. The van der Waals surface area contributed by atoms with Crippen LogP contribution in [0.1, 0.15) is 40.5 Å². The zero-order valence-electron chi connectivity index (χ0n) is 15.2. The van der Waals surface area contributed by atoms with Crippen LogP contribution in [0.3, 0.4) is 0 Å². The predicted octanol–water partition coefficient (Wildman–Crippen LogP) is 1.61. The fourth-order valence-corrected chi connectivity index (χ4v) is 3.18. The first-order valence-electron chi connectivity index (χ1n) is 8.13. The lowest BCUT2D eigenvalue weighted by Crippen LogP contribution is -2.30. The fourth-order valence-electron chi connectivity index (χ4n) is 1.93. The quantitative estimate of drug-likeness (QED) is 0.625. The molecule has 0 heterocycles. The van der Waals surface area contributed by atoms with Crippen LogP contribution in [0.25, 0.3) is 0 Å². The zero-order chi connectivity index (χ0) is 19.9. The van der Waals surface area contributed by atoms with Crippen molar-refractivity contribution in [3.05, 3.63) is 24.3 Å². The van der Waals surface area contributed by atoms with E-state index in [1.165, 1.54) is 38.1 Å². The summed E-state index contributed by atoms with van der Waals surface area (Å²) >= 11 is 0. The van der Waals surface area contributed by atoms with Gasteiger partial charge in [-0.05, 0) is 52.0 Å². The average Bonchev–Trinajstić information content (AvgIpc) is 2.52. The molecule has 0 aliphatic heterocycles. The Labute approximate surface area is 153 Å². The molecule has 0 saturated carbocycles. The Bertz CT molecular complexity index is 756. The number of nitrogens with one attached hydrogen (secondary N) is 2. The number of ketones is 1. The smallest absolute Gasteiger partial charge is 0.307 e. The van der Waals surface area contributed by atoms with Gasteiger partial charge in [0.05, 0.1) is 11.3 Å². The molecule has 8 nitrogen and oxygen atoms in total. The van der Waals surface area contributed by atoms with Crippen LogP contribution < -0.4 is 10.0 Å². The van der Waals surface area contributed by atoms with Gasteiger partial charge in [-0.15, -0.1) is 0 Å². The van der Waals surface area contributed by atoms with Crippen molar-refractivity contribution in [3.8, 4) is 0 Å². The van der Waals surface area contributed by atoms with E-state index in [9.17, 15) is 22.8 Å². The molecule has 0 saturated heterocycles. The molecule has 144 valence electrons. The summed E-state index contributed by atoms with van der Waals surface area (Å²) in [6, 6.07) is 5.37. The second-order valence-electron chi connectivity index (χ2n) is 6.12. The van der Waals surface area contributed by atoms with Crippen molar-refractivity contribution in [3.63, 3.8) is 0 Å². The van der Waals surface area contributed by atoms with E-state index >= 15 is 0 Å². The molecular weight excluding hydrogens is 360 g/mol. The van der Waals surface area contributed by atoms with Gasteiger partial charge in [-0.25, -0.2) is 13.1 Å². The maximum absolute atomic E-state index is 12.0. The van der Waals surface area contributed by atoms with Crippen molar-refractivity contribution in [2.75, 3.05) is 5.32 Å². The highest BCUT2D eigenvalue weighted by Gasteiger charge is 2.19. The standard InChI is InChI=1S/C17H24N2O6S/c1-11(2)19-26(23,24)15-8-6-14(7-9-15)18-17(22)13(4)25-16(21)10-5-12(3)20/h6-9,11,13,19H,5,10H2,1-4H3,(H,18,22)/t13-/m1/s1. The van der Waals surface area contributed by atoms with Gasteiger partial charge >= 0.3 is 5.97 Å². The van der Waals surface area contributed by atoms with Gasteiger partial charge in [-0.1, -0.05) is 0 Å². The number of sulfonamides is 1. The Morgan fingerprint density at radius 1 is 1.04 bits per heavy atom. The first kappa shape index (κ1) is 21.8. The first-order valence-corrected chi connectivity index (χ1v) is 9.61. The van der Waals surface area contributed by atoms with Gasteiger partial charge in [0, 0.05) is 18.2 Å². The third-order valence-corrected chi connectivity index (χ3v) is 4.86. The molecule has 2 N–H and O–H groups in total. The molecule has 0 aromatic heterocycles. The molecule has 0 bridgehead atoms. The summed E-state index contributed by atoms with van der Waals surface area (Å²) in [4.78, 5) is 34.5. The van der Waals surface area contributed by atoms with Gasteiger partial charge in [-0.2, -0.15) is 0 Å². The Hall–Kier alpha value is -2.26. The maximum Gasteiger partial charge on any atom is 0.307 e. The van der Waals surface area contributed by atoms with Crippen LogP contribution in [0.2, 0.25) is 0 Å². The Balaban J connectivity index is 2.64. The van der Waals surface area contributed by atoms with Gasteiger partial charge < -0.3 is 14.8 Å². The molecule has 1 aromatic rings. The van der Waals surface area contributed by atoms with Gasteiger partial charge in [0.25, 0.3) is 5.91 Å². The Morgan fingerprint density at radius 3 is 2.12 bits per heavy atom. The van der Waals surface area contributed by atoms with Crippen molar-refractivity contribution in [1.82, 2.24) is 4.72 Å². The van der Waals surface area contributed by atoms with Crippen LogP contribution in [0.15, 0.2) is 29.2 Å². The predicted molar refractivity (Wildman–Crippen MR) is 96.0 cm³/mol. The van der Waals surface area contributed by atoms with Crippen LogP contribution in [-0.2, 0) is 29.1 Å². The summed E-state index contributed by atoms with van der Waals surface area (Å²) in [6.07, 6.45) is -1.06. The summed E-state index contributed by atoms with van der Waals surface area (Å²) < 4.78 is 31.5. The molecule has 26 heavy (non-hydrogen) atoms. The fraction of sp³-hybridized carbons (Fsp3) is 0.471. The number of hydrogen-bond acceptors (Lipinski definition) is 6. The number of carbonyl (C=O) groups is 3. The highest BCUT2D eigenvalue weighted by Crippen LogP contribution is 2.15. The van der Waals surface area contributed by atoms with E-state index in [0.29, 0.717) is 5.69 Å². The minimum Gasteiger partial charge on any atom is -0.453 e. The SMILES string of the molecule is CC(=O)CCC(=O)O[C@H](C)C(=O)Nc1ccc(S(=O)(=O)NC(C)C)cc1. The average molecular weight is 384 g/mol. The number of carbonyl (C=O) groups excluding carboxylic acids is 3. The van der Waals surface area contributed by atoms with Crippen LogP contribution in [0.4, 0.5) is 5.69 Å². The number of rotatable bonds is 9. The number of benzene rings is 1. The van der Waals surface area contributed by atoms with Crippen molar-refractivity contribution in [2.24, 2.45) is 0 Å². The molecule has 1 amide bonds. The van der Waals surface area contributed by atoms with Gasteiger partial charge in [-0.3, -0.25) is 9.59 Å². The third-order valence-electron chi connectivity index (χ3n) is 3.18. The highest BCUT2D eigenvalue weighted by atomic mass is 32.2. The van der Waals surface area contributed by atoms with E-state index in [-0.39, 0.29) is 29.6 Å². The van der Waals surface area contributed by atoms with E-state index < -0.39 is 28.0 Å². The molecule has 0 spiro atoms. The van der Waals surface area contributed by atoms with Gasteiger partial charge in [0.1, 0.15) is 5.78 Å². The summed E-state index contributed by atoms with van der Waals surface area (Å²) in [6.45, 7) is 6.20. The highest BCUT2D eigenvalue weighted by molar-refractivity contribution is 7.89. The lowest BCUT2D eigenvalue weighted by molar-refractivity contribution is -0.153. The van der Waals surface area contributed by atoms with E-state index in [4.69, 9.17) is 4.74 Å². The number of anilines is 1. The number of Topliss-reactive ketones (excluding diaryl/α,β-unsaturated/α-hetero) is 1. The largest absolute Gasteiger partial charge is 0.453 e. The van der Waals surface area contributed by atoms with Gasteiger partial charge in [0.15, 0.2) is 6.10 Å². The maximum atomic E-state index is 12.0. The summed E-state index contributed by atoms with van der Waals surface area (Å²) in [5.41, 5.74) is 0.366. The second-order valence-corrected chi connectivity index (χ2v) is 7.84. The van der Waals surface area contributed by atoms with Crippen molar-refractivity contribution >= 4 is 33.4 Å². The van der Waals surface area contributed by atoms with E-state index in [1.807, 2.05) is 0 Å². The first-order chi connectivity index (χ1) is 12.0.